The Kier molecular flexibility index (Phi) is 4.58. The molecule has 1 aliphatic heterocycles. The maximum absolute atomic E-state index is 12.3. The molecule has 1 aromatic rings. The SMILES string of the molecule is CC(C)(C)OC(=O)Nc1ccc(B2OC(C)(C)C(C)(C)O2)c(=O)[nH]1. The fraction of sp³-hybridized carbons (Fsp3) is 0.625. The Morgan fingerprint density at radius 3 is 2.17 bits per heavy atom. The summed E-state index contributed by atoms with van der Waals surface area (Å²) in [5, 5.41) is 2.49. The van der Waals surface area contributed by atoms with Crippen molar-refractivity contribution in [3.63, 3.8) is 0 Å². The summed E-state index contributed by atoms with van der Waals surface area (Å²) in [6.07, 6.45) is -0.637. The van der Waals surface area contributed by atoms with Gasteiger partial charge in [-0.2, -0.15) is 0 Å². The third-order valence-electron chi connectivity index (χ3n) is 4.08. The first-order valence-electron chi connectivity index (χ1n) is 7.90. The van der Waals surface area contributed by atoms with Crippen molar-refractivity contribution < 1.29 is 18.8 Å². The Bertz CT molecular complexity index is 674. The maximum Gasteiger partial charge on any atom is 0.500 e. The van der Waals surface area contributed by atoms with E-state index in [9.17, 15) is 9.59 Å². The van der Waals surface area contributed by atoms with Crippen LogP contribution in [0.25, 0.3) is 0 Å². The Morgan fingerprint density at radius 2 is 1.71 bits per heavy atom. The molecule has 0 unspecified atom stereocenters. The molecule has 0 spiro atoms. The molecule has 1 amide bonds. The van der Waals surface area contributed by atoms with E-state index in [4.69, 9.17) is 14.0 Å². The van der Waals surface area contributed by atoms with Gasteiger partial charge in [0.1, 0.15) is 11.4 Å². The summed E-state index contributed by atoms with van der Waals surface area (Å²) in [5.41, 5.74) is -1.72. The number of pyridine rings is 1. The van der Waals surface area contributed by atoms with Gasteiger partial charge in [0.15, 0.2) is 0 Å². The minimum absolute atomic E-state index is 0.245. The maximum atomic E-state index is 12.3. The topological polar surface area (TPSA) is 89.7 Å². The monoisotopic (exact) mass is 336 g/mol. The minimum atomic E-state index is -0.755. The van der Waals surface area contributed by atoms with Gasteiger partial charge < -0.3 is 19.0 Å². The normalized spacial score (nSPS) is 19.2. The molecule has 0 aromatic carbocycles. The van der Waals surface area contributed by atoms with Crippen LogP contribution in [0.3, 0.4) is 0 Å². The average Bonchev–Trinajstić information content (AvgIpc) is 2.55. The molecule has 0 aliphatic carbocycles. The van der Waals surface area contributed by atoms with Crippen molar-refractivity contribution in [1.82, 2.24) is 4.98 Å². The zero-order valence-electron chi connectivity index (χ0n) is 15.3. The fourth-order valence-electron chi connectivity index (χ4n) is 2.13. The van der Waals surface area contributed by atoms with Crippen molar-refractivity contribution >= 4 is 24.5 Å². The largest absolute Gasteiger partial charge is 0.500 e. The first kappa shape index (κ1) is 18.5. The second kappa shape index (κ2) is 5.93. The lowest BCUT2D eigenvalue weighted by atomic mass is 9.80. The minimum Gasteiger partial charge on any atom is -0.444 e. The summed E-state index contributed by atoms with van der Waals surface area (Å²) in [4.78, 5) is 26.7. The highest BCUT2D eigenvalue weighted by Crippen LogP contribution is 2.36. The molecular formula is C16H25BN2O5. The lowest BCUT2D eigenvalue weighted by Gasteiger charge is -2.32. The molecule has 2 rings (SSSR count). The molecule has 1 fully saturated rings. The first-order valence-corrected chi connectivity index (χ1v) is 7.90. The van der Waals surface area contributed by atoms with Gasteiger partial charge in [-0.25, -0.2) is 4.79 Å². The number of ether oxygens (including phenoxy) is 1. The lowest BCUT2D eigenvalue weighted by Crippen LogP contribution is -2.45. The number of hydrogen-bond acceptors (Lipinski definition) is 5. The molecule has 1 aliphatic rings. The summed E-state index contributed by atoms with van der Waals surface area (Å²) in [6, 6.07) is 3.15. The number of anilines is 1. The zero-order valence-corrected chi connectivity index (χ0v) is 15.3. The number of nitrogens with one attached hydrogen (secondary N) is 2. The molecule has 0 atom stereocenters. The van der Waals surface area contributed by atoms with Crippen molar-refractivity contribution in [3.05, 3.63) is 22.5 Å². The molecule has 2 heterocycles. The predicted octanol–water partition coefficient (Wildman–Crippen LogP) is 2.02. The van der Waals surface area contributed by atoms with Crippen LogP contribution in [-0.4, -0.2) is 35.0 Å². The lowest BCUT2D eigenvalue weighted by molar-refractivity contribution is 0.00578. The van der Waals surface area contributed by atoms with Crippen molar-refractivity contribution in [3.8, 4) is 0 Å². The van der Waals surface area contributed by atoms with Gasteiger partial charge in [0, 0.05) is 5.46 Å². The van der Waals surface area contributed by atoms with Gasteiger partial charge in [0.2, 0.25) is 5.56 Å². The van der Waals surface area contributed by atoms with Crippen LogP contribution in [0.2, 0.25) is 0 Å². The Morgan fingerprint density at radius 1 is 1.17 bits per heavy atom. The highest BCUT2D eigenvalue weighted by Gasteiger charge is 2.52. The van der Waals surface area contributed by atoms with E-state index in [1.54, 1.807) is 32.9 Å². The predicted molar refractivity (Wildman–Crippen MR) is 92.6 cm³/mol. The van der Waals surface area contributed by atoms with Crippen LogP contribution in [0.4, 0.5) is 10.6 Å². The number of carbonyl (C=O) groups is 1. The summed E-state index contributed by atoms with van der Waals surface area (Å²) < 4.78 is 16.9. The van der Waals surface area contributed by atoms with Gasteiger partial charge in [0.25, 0.3) is 0 Å². The zero-order chi connectivity index (χ0) is 18.3. The molecule has 8 heteroatoms. The molecular weight excluding hydrogens is 311 g/mol. The van der Waals surface area contributed by atoms with Crippen LogP contribution >= 0.6 is 0 Å². The van der Waals surface area contributed by atoms with Crippen LogP contribution in [0.15, 0.2) is 16.9 Å². The van der Waals surface area contributed by atoms with Gasteiger partial charge in [-0.3, -0.25) is 10.1 Å². The fourth-order valence-corrected chi connectivity index (χ4v) is 2.13. The number of hydrogen-bond donors (Lipinski definition) is 2. The summed E-state index contributed by atoms with van der Waals surface area (Å²) in [7, 11) is -0.755. The standard InChI is InChI=1S/C16H25BN2O5/c1-14(2,3)22-13(21)19-11-9-8-10(12(20)18-11)17-23-15(4,5)16(6,7)24-17/h8-9H,1-7H3,(H2,18,19,20,21). The van der Waals surface area contributed by atoms with Gasteiger partial charge in [0.05, 0.1) is 11.2 Å². The third kappa shape index (κ3) is 3.99. The molecule has 1 aromatic heterocycles. The number of carbonyl (C=O) groups excluding carboxylic acids is 1. The number of H-pyrrole nitrogens is 1. The van der Waals surface area contributed by atoms with E-state index in [2.05, 4.69) is 10.3 Å². The van der Waals surface area contributed by atoms with Crippen molar-refractivity contribution in [2.45, 2.75) is 65.3 Å². The summed E-state index contributed by atoms with van der Waals surface area (Å²) in [5.74, 6) is 0.245. The van der Waals surface area contributed by atoms with Crippen molar-refractivity contribution in [2.24, 2.45) is 0 Å². The van der Waals surface area contributed by atoms with Gasteiger partial charge >= 0.3 is 13.2 Å². The Balaban J connectivity index is 2.14. The second-order valence-electron chi connectivity index (χ2n) is 7.87. The van der Waals surface area contributed by atoms with Crippen molar-refractivity contribution in [1.29, 1.82) is 0 Å². The molecule has 7 nitrogen and oxygen atoms in total. The van der Waals surface area contributed by atoms with Crippen LogP contribution < -0.4 is 16.3 Å². The van der Waals surface area contributed by atoms with Gasteiger partial charge in [-0.15, -0.1) is 0 Å². The first-order chi connectivity index (χ1) is 10.8. The van der Waals surface area contributed by atoms with E-state index < -0.39 is 30.0 Å². The number of aromatic nitrogens is 1. The second-order valence-corrected chi connectivity index (χ2v) is 7.87. The molecule has 2 N–H and O–H groups in total. The van der Waals surface area contributed by atoms with Crippen LogP contribution in [0, 0.1) is 0 Å². The van der Waals surface area contributed by atoms with E-state index in [1.807, 2.05) is 27.7 Å². The molecule has 0 radical (unpaired) electrons. The average molecular weight is 336 g/mol. The van der Waals surface area contributed by atoms with Crippen molar-refractivity contribution in [2.75, 3.05) is 5.32 Å². The highest BCUT2D eigenvalue weighted by atomic mass is 16.7. The summed E-state index contributed by atoms with van der Waals surface area (Å²) >= 11 is 0. The van der Waals surface area contributed by atoms with Crippen LogP contribution in [0.5, 0.6) is 0 Å². The Labute approximate surface area is 142 Å². The number of rotatable bonds is 2. The quantitative estimate of drug-likeness (QED) is 0.807. The highest BCUT2D eigenvalue weighted by molar-refractivity contribution is 6.61. The number of amides is 1. The molecule has 1 saturated heterocycles. The van der Waals surface area contributed by atoms with E-state index in [1.165, 1.54) is 0 Å². The van der Waals surface area contributed by atoms with E-state index in [0.29, 0.717) is 5.46 Å². The van der Waals surface area contributed by atoms with E-state index in [0.717, 1.165) is 0 Å². The summed E-state index contributed by atoms with van der Waals surface area (Å²) in [6.45, 7) is 12.9. The third-order valence-corrected chi connectivity index (χ3v) is 4.08. The molecule has 132 valence electrons. The molecule has 0 bridgehead atoms. The molecule has 0 saturated carbocycles. The smallest absolute Gasteiger partial charge is 0.444 e. The Hall–Kier alpha value is -1.80. The van der Waals surface area contributed by atoms with Crippen LogP contribution in [-0.2, 0) is 14.0 Å². The van der Waals surface area contributed by atoms with Gasteiger partial charge in [-0.05, 0) is 54.5 Å². The van der Waals surface area contributed by atoms with Crippen LogP contribution in [0.1, 0.15) is 48.5 Å². The number of aromatic amines is 1. The van der Waals surface area contributed by atoms with E-state index >= 15 is 0 Å². The van der Waals surface area contributed by atoms with Gasteiger partial charge in [-0.1, -0.05) is 6.07 Å². The van der Waals surface area contributed by atoms with E-state index in [-0.39, 0.29) is 11.4 Å². The molecule has 24 heavy (non-hydrogen) atoms.